The zero-order valence-electron chi connectivity index (χ0n) is 11.5. The van der Waals surface area contributed by atoms with E-state index in [0.29, 0.717) is 6.42 Å². The molecule has 0 aliphatic heterocycles. The minimum atomic E-state index is -0.647. The van der Waals surface area contributed by atoms with Gasteiger partial charge in [0.2, 0.25) is 0 Å². The molecular weight excluding hydrogens is 214 g/mol. The summed E-state index contributed by atoms with van der Waals surface area (Å²) in [6, 6.07) is 0. The van der Waals surface area contributed by atoms with E-state index in [4.69, 9.17) is 0 Å². The van der Waals surface area contributed by atoms with E-state index in [1.165, 1.54) is 19.3 Å². The maximum atomic E-state index is 11.2. The molecule has 0 aromatic carbocycles. The molecule has 2 atom stereocenters. The fourth-order valence-corrected chi connectivity index (χ4v) is 3.34. The number of hydrogen-bond acceptors (Lipinski definition) is 2. The molecular formula is C14H27NO2. The number of nitrogens with zero attached hydrogens (tertiary/aromatic N) is 1. The van der Waals surface area contributed by atoms with Gasteiger partial charge in [0, 0.05) is 5.54 Å². The third kappa shape index (κ3) is 3.70. The molecule has 1 aliphatic rings. The Morgan fingerprint density at radius 2 is 1.94 bits per heavy atom. The second kappa shape index (κ2) is 6.39. The van der Waals surface area contributed by atoms with Gasteiger partial charge in [0.1, 0.15) is 0 Å². The van der Waals surface area contributed by atoms with Crippen molar-refractivity contribution in [3.8, 4) is 0 Å². The largest absolute Gasteiger partial charge is 0.481 e. The highest BCUT2D eigenvalue weighted by atomic mass is 16.4. The van der Waals surface area contributed by atoms with Crippen molar-refractivity contribution in [2.75, 3.05) is 13.1 Å². The van der Waals surface area contributed by atoms with Crippen molar-refractivity contribution in [2.45, 2.75) is 64.8 Å². The van der Waals surface area contributed by atoms with Gasteiger partial charge in [0.05, 0.1) is 6.42 Å². The van der Waals surface area contributed by atoms with Crippen LogP contribution in [-0.4, -0.2) is 34.6 Å². The molecule has 2 unspecified atom stereocenters. The van der Waals surface area contributed by atoms with Gasteiger partial charge in [0.25, 0.3) is 0 Å². The van der Waals surface area contributed by atoms with Crippen molar-refractivity contribution in [3.63, 3.8) is 0 Å². The zero-order valence-corrected chi connectivity index (χ0v) is 11.5. The lowest BCUT2D eigenvalue weighted by Gasteiger charge is -2.42. The molecule has 1 aliphatic carbocycles. The van der Waals surface area contributed by atoms with Crippen LogP contribution in [0.1, 0.15) is 59.3 Å². The van der Waals surface area contributed by atoms with Crippen molar-refractivity contribution in [1.82, 2.24) is 4.90 Å². The van der Waals surface area contributed by atoms with Gasteiger partial charge >= 0.3 is 5.97 Å². The Morgan fingerprint density at radius 1 is 1.29 bits per heavy atom. The molecule has 100 valence electrons. The van der Waals surface area contributed by atoms with Gasteiger partial charge in [-0.15, -0.1) is 0 Å². The van der Waals surface area contributed by atoms with Crippen molar-refractivity contribution in [3.05, 3.63) is 0 Å². The molecule has 1 saturated carbocycles. The highest BCUT2D eigenvalue weighted by Crippen LogP contribution is 2.37. The summed E-state index contributed by atoms with van der Waals surface area (Å²) in [4.78, 5) is 13.6. The van der Waals surface area contributed by atoms with Crippen LogP contribution < -0.4 is 0 Å². The zero-order chi connectivity index (χ0) is 12.9. The molecule has 0 spiro atoms. The van der Waals surface area contributed by atoms with Gasteiger partial charge in [-0.3, -0.25) is 9.69 Å². The Bertz CT molecular complexity index is 251. The molecule has 3 nitrogen and oxygen atoms in total. The lowest BCUT2D eigenvalue weighted by atomic mass is 9.84. The highest BCUT2D eigenvalue weighted by Gasteiger charge is 2.38. The molecule has 1 fully saturated rings. The summed E-state index contributed by atoms with van der Waals surface area (Å²) in [5.74, 6) is 0.104. The standard InChI is InChI=1S/C14H27NO2/c1-4-15(5-2)14(11-13(16)17)9-6-7-12(3)8-10-14/h12H,4-11H2,1-3H3,(H,16,17). The molecule has 0 heterocycles. The number of hydrogen-bond donors (Lipinski definition) is 1. The quantitative estimate of drug-likeness (QED) is 0.752. The van der Waals surface area contributed by atoms with E-state index in [2.05, 4.69) is 25.7 Å². The van der Waals surface area contributed by atoms with Crippen molar-refractivity contribution >= 4 is 5.97 Å². The topological polar surface area (TPSA) is 40.5 Å². The smallest absolute Gasteiger partial charge is 0.305 e. The Labute approximate surface area is 105 Å². The summed E-state index contributed by atoms with van der Waals surface area (Å²) in [5, 5.41) is 9.20. The summed E-state index contributed by atoms with van der Waals surface area (Å²) in [6.07, 6.45) is 5.99. The molecule has 0 aromatic heterocycles. The van der Waals surface area contributed by atoms with E-state index in [9.17, 15) is 9.90 Å². The first-order valence-electron chi connectivity index (χ1n) is 7.01. The number of carbonyl (C=O) groups is 1. The van der Waals surface area contributed by atoms with Crippen LogP contribution >= 0.6 is 0 Å². The lowest BCUT2D eigenvalue weighted by Crippen LogP contribution is -2.49. The molecule has 0 aromatic rings. The third-order valence-corrected chi connectivity index (χ3v) is 4.36. The maximum Gasteiger partial charge on any atom is 0.305 e. The van der Waals surface area contributed by atoms with E-state index in [1.807, 2.05) is 0 Å². The average molecular weight is 241 g/mol. The van der Waals surface area contributed by atoms with Crippen LogP contribution in [0.5, 0.6) is 0 Å². The van der Waals surface area contributed by atoms with Gasteiger partial charge in [-0.1, -0.05) is 33.6 Å². The van der Waals surface area contributed by atoms with Gasteiger partial charge in [-0.05, 0) is 38.3 Å². The second-order valence-electron chi connectivity index (χ2n) is 5.50. The van der Waals surface area contributed by atoms with Crippen LogP contribution in [-0.2, 0) is 4.79 Å². The van der Waals surface area contributed by atoms with Crippen LogP contribution in [0.3, 0.4) is 0 Å². The summed E-state index contributed by atoms with van der Waals surface area (Å²) in [5.41, 5.74) is -0.0832. The second-order valence-corrected chi connectivity index (χ2v) is 5.50. The number of carboxylic acid groups (broad SMARTS) is 1. The summed E-state index contributed by atoms with van der Waals surface area (Å²) >= 11 is 0. The Balaban J connectivity index is 2.86. The minimum Gasteiger partial charge on any atom is -0.481 e. The first-order chi connectivity index (χ1) is 8.04. The summed E-state index contributed by atoms with van der Waals surface area (Å²) in [7, 11) is 0. The predicted octanol–water partition coefficient (Wildman–Crippen LogP) is 3.14. The maximum absolute atomic E-state index is 11.2. The molecule has 0 radical (unpaired) electrons. The fourth-order valence-electron chi connectivity index (χ4n) is 3.34. The Morgan fingerprint density at radius 3 is 2.47 bits per heavy atom. The minimum absolute atomic E-state index is 0.0832. The molecule has 17 heavy (non-hydrogen) atoms. The molecule has 0 saturated heterocycles. The van der Waals surface area contributed by atoms with Crippen LogP contribution in [0.4, 0.5) is 0 Å². The van der Waals surface area contributed by atoms with Crippen LogP contribution in [0.2, 0.25) is 0 Å². The predicted molar refractivity (Wildman–Crippen MR) is 70.2 cm³/mol. The first kappa shape index (κ1) is 14.5. The van der Waals surface area contributed by atoms with Crippen LogP contribution in [0.15, 0.2) is 0 Å². The van der Waals surface area contributed by atoms with E-state index in [1.54, 1.807) is 0 Å². The Kier molecular flexibility index (Phi) is 5.44. The fraction of sp³-hybridized carbons (Fsp3) is 0.929. The third-order valence-electron chi connectivity index (χ3n) is 4.36. The molecule has 0 bridgehead atoms. The average Bonchev–Trinajstić information content (AvgIpc) is 2.43. The van der Waals surface area contributed by atoms with E-state index in [0.717, 1.165) is 31.8 Å². The van der Waals surface area contributed by atoms with Crippen molar-refractivity contribution < 1.29 is 9.90 Å². The first-order valence-corrected chi connectivity index (χ1v) is 7.01. The van der Waals surface area contributed by atoms with Gasteiger partial charge in [-0.25, -0.2) is 0 Å². The lowest BCUT2D eigenvalue weighted by molar-refractivity contribution is -0.140. The van der Waals surface area contributed by atoms with E-state index in [-0.39, 0.29) is 5.54 Å². The van der Waals surface area contributed by atoms with Crippen molar-refractivity contribution in [2.24, 2.45) is 5.92 Å². The van der Waals surface area contributed by atoms with Gasteiger partial charge < -0.3 is 5.11 Å². The van der Waals surface area contributed by atoms with Gasteiger partial charge in [-0.2, -0.15) is 0 Å². The summed E-state index contributed by atoms with van der Waals surface area (Å²) in [6.45, 7) is 8.48. The van der Waals surface area contributed by atoms with Gasteiger partial charge in [0.15, 0.2) is 0 Å². The number of rotatable bonds is 5. The number of carboxylic acids is 1. The summed E-state index contributed by atoms with van der Waals surface area (Å²) < 4.78 is 0. The number of aliphatic carboxylic acids is 1. The van der Waals surface area contributed by atoms with Crippen molar-refractivity contribution in [1.29, 1.82) is 0 Å². The van der Waals surface area contributed by atoms with Crippen LogP contribution in [0, 0.1) is 5.92 Å². The monoisotopic (exact) mass is 241 g/mol. The van der Waals surface area contributed by atoms with E-state index >= 15 is 0 Å². The normalized spacial score (nSPS) is 30.2. The SMILES string of the molecule is CCN(CC)C1(CC(=O)O)CCCC(C)CC1. The molecule has 3 heteroatoms. The van der Waals surface area contributed by atoms with Crippen LogP contribution in [0.25, 0.3) is 0 Å². The Hall–Kier alpha value is -0.570. The molecule has 1 N–H and O–H groups in total. The molecule has 0 amide bonds. The van der Waals surface area contributed by atoms with E-state index < -0.39 is 5.97 Å². The molecule has 1 rings (SSSR count). The highest BCUT2D eigenvalue weighted by molar-refractivity contribution is 5.68.